The predicted molar refractivity (Wildman–Crippen MR) is 57.4 cm³/mol. The molecule has 1 N–H and O–H groups in total. The Morgan fingerprint density at radius 2 is 2.43 bits per heavy atom. The number of ether oxygens (including phenoxy) is 1. The molecule has 2 aliphatic heterocycles. The second kappa shape index (κ2) is 5.10. The van der Waals surface area contributed by atoms with E-state index in [-0.39, 0.29) is 0 Å². The molecule has 0 amide bonds. The fourth-order valence-electron chi connectivity index (χ4n) is 2.42. The summed E-state index contributed by atoms with van der Waals surface area (Å²) in [6, 6.07) is 0. The lowest BCUT2D eigenvalue weighted by Gasteiger charge is -2.24. The highest BCUT2D eigenvalue weighted by molar-refractivity contribution is 4.75. The van der Waals surface area contributed by atoms with Crippen molar-refractivity contribution in [2.24, 2.45) is 5.92 Å². The molecule has 0 aliphatic carbocycles. The van der Waals surface area contributed by atoms with Crippen LogP contribution in [-0.4, -0.2) is 50.3 Å². The van der Waals surface area contributed by atoms with Gasteiger partial charge in [0.15, 0.2) is 0 Å². The minimum atomic E-state index is 0.514. The molecule has 0 aromatic carbocycles. The second-order valence-electron chi connectivity index (χ2n) is 4.70. The van der Waals surface area contributed by atoms with Crippen LogP contribution in [0.3, 0.4) is 0 Å². The molecule has 0 spiro atoms. The van der Waals surface area contributed by atoms with Crippen LogP contribution in [0.5, 0.6) is 0 Å². The summed E-state index contributed by atoms with van der Waals surface area (Å²) in [5.74, 6) is 0.777. The minimum Gasteiger partial charge on any atom is -0.377 e. The number of nitrogens with one attached hydrogen (secondary N) is 1. The van der Waals surface area contributed by atoms with Crippen molar-refractivity contribution in [2.45, 2.75) is 25.9 Å². The van der Waals surface area contributed by atoms with Crippen LogP contribution in [-0.2, 0) is 4.74 Å². The maximum Gasteiger partial charge on any atom is 0.0702 e. The maximum atomic E-state index is 5.67. The number of rotatable bonds is 2. The van der Waals surface area contributed by atoms with E-state index in [2.05, 4.69) is 17.1 Å². The van der Waals surface area contributed by atoms with Gasteiger partial charge in [0.2, 0.25) is 0 Å². The largest absolute Gasteiger partial charge is 0.377 e. The average Bonchev–Trinajstić information content (AvgIpc) is 2.56. The monoisotopic (exact) mass is 198 g/mol. The molecule has 3 heteroatoms. The van der Waals surface area contributed by atoms with Crippen molar-refractivity contribution < 1.29 is 4.74 Å². The van der Waals surface area contributed by atoms with Gasteiger partial charge in [0.05, 0.1) is 6.10 Å². The molecular weight excluding hydrogens is 176 g/mol. The first-order chi connectivity index (χ1) is 6.84. The van der Waals surface area contributed by atoms with Gasteiger partial charge in [-0.1, -0.05) is 6.92 Å². The molecule has 2 unspecified atom stereocenters. The molecular formula is C11H22N2O. The van der Waals surface area contributed by atoms with Crippen LogP contribution < -0.4 is 5.32 Å². The summed E-state index contributed by atoms with van der Waals surface area (Å²) in [5, 5.41) is 3.47. The Hall–Kier alpha value is -0.120. The van der Waals surface area contributed by atoms with Crippen molar-refractivity contribution in [1.82, 2.24) is 10.2 Å². The van der Waals surface area contributed by atoms with Gasteiger partial charge in [0.25, 0.3) is 0 Å². The predicted octanol–water partition coefficient (Wildman–Crippen LogP) is 0.707. The van der Waals surface area contributed by atoms with Crippen molar-refractivity contribution in [1.29, 1.82) is 0 Å². The van der Waals surface area contributed by atoms with Gasteiger partial charge >= 0.3 is 0 Å². The summed E-state index contributed by atoms with van der Waals surface area (Å²) < 4.78 is 5.67. The molecule has 0 aromatic heterocycles. The lowest BCUT2D eigenvalue weighted by molar-refractivity contribution is 0.0722. The molecule has 2 rings (SSSR count). The summed E-state index contributed by atoms with van der Waals surface area (Å²) in [6.07, 6.45) is 3.03. The normalized spacial score (nSPS) is 35.8. The van der Waals surface area contributed by atoms with Crippen molar-refractivity contribution in [2.75, 3.05) is 39.3 Å². The van der Waals surface area contributed by atoms with Gasteiger partial charge in [-0.25, -0.2) is 0 Å². The highest BCUT2D eigenvalue weighted by Crippen LogP contribution is 2.14. The van der Waals surface area contributed by atoms with Gasteiger partial charge in [-0.3, -0.25) is 4.90 Å². The van der Waals surface area contributed by atoms with Crippen molar-refractivity contribution >= 4 is 0 Å². The molecule has 2 aliphatic rings. The van der Waals surface area contributed by atoms with Crippen LogP contribution in [0, 0.1) is 5.92 Å². The van der Waals surface area contributed by atoms with E-state index in [4.69, 9.17) is 4.74 Å². The first kappa shape index (κ1) is 10.4. The fraction of sp³-hybridized carbons (Fsp3) is 1.00. The van der Waals surface area contributed by atoms with E-state index < -0.39 is 0 Å². The Morgan fingerprint density at radius 1 is 1.50 bits per heavy atom. The summed E-state index contributed by atoms with van der Waals surface area (Å²) >= 11 is 0. The van der Waals surface area contributed by atoms with Crippen LogP contribution in [0.15, 0.2) is 0 Å². The minimum absolute atomic E-state index is 0.514. The van der Waals surface area contributed by atoms with Gasteiger partial charge in [-0.15, -0.1) is 0 Å². The van der Waals surface area contributed by atoms with Crippen LogP contribution >= 0.6 is 0 Å². The first-order valence-electron chi connectivity index (χ1n) is 5.89. The summed E-state index contributed by atoms with van der Waals surface area (Å²) in [4.78, 5) is 2.56. The molecule has 3 nitrogen and oxygen atoms in total. The third-order valence-electron chi connectivity index (χ3n) is 3.15. The first-order valence-corrected chi connectivity index (χ1v) is 5.89. The average molecular weight is 198 g/mol. The van der Waals surface area contributed by atoms with Crippen LogP contribution in [0.2, 0.25) is 0 Å². The second-order valence-corrected chi connectivity index (χ2v) is 4.70. The molecule has 0 radical (unpaired) electrons. The lowest BCUT2D eigenvalue weighted by Crippen LogP contribution is -2.36. The number of nitrogens with zero attached hydrogens (tertiary/aromatic N) is 1. The highest BCUT2D eigenvalue weighted by atomic mass is 16.5. The van der Waals surface area contributed by atoms with Crippen LogP contribution in [0.4, 0.5) is 0 Å². The van der Waals surface area contributed by atoms with E-state index in [0.29, 0.717) is 6.10 Å². The van der Waals surface area contributed by atoms with E-state index in [9.17, 15) is 0 Å². The van der Waals surface area contributed by atoms with Gasteiger partial charge < -0.3 is 10.1 Å². The van der Waals surface area contributed by atoms with Gasteiger partial charge in [0.1, 0.15) is 0 Å². The van der Waals surface area contributed by atoms with Crippen molar-refractivity contribution in [3.63, 3.8) is 0 Å². The van der Waals surface area contributed by atoms with Crippen LogP contribution in [0.1, 0.15) is 19.8 Å². The quantitative estimate of drug-likeness (QED) is 0.707. The zero-order valence-electron chi connectivity index (χ0n) is 9.17. The topological polar surface area (TPSA) is 24.5 Å². The fourth-order valence-corrected chi connectivity index (χ4v) is 2.42. The standard InChI is InChI=1S/C11H22N2O/c1-10-7-12-4-5-13(8-10)9-11-3-2-6-14-11/h10-12H,2-9H2,1H3. The highest BCUT2D eigenvalue weighted by Gasteiger charge is 2.21. The molecule has 0 bridgehead atoms. The summed E-state index contributed by atoms with van der Waals surface area (Å²) in [6.45, 7) is 9.16. The van der Waals surface area contributed by atoms with E-state index >= 15 is 0 Å². The van der Waals surface area contributed by atoms with Crippen LogP contribution in [0.25, 0.3) is 0 Å². The number of hydrogen-bond acceptors (Lipinski definition) is 3. The van der Waals surface area contributed by atoms with E-state index in [0.717, 1.165) is 25.6 Å². The van der Waals surface area contributed by atoms with Gasteiger partial charge in [-0.2, -0.15) is 0 Å². The van der Waals surface area contributed by atoms with Gasteiger partial charge in [0, 0.05) is 32.8 Å². The summed E-state index contributed by atoms with van der Waals surface area (Å²) in [5.41, 5.74) is 0. The number of hydrogen-bond donors (Lipinski definition) is 1. The molecule has 0 aromatic rings. The van der Waals surface area contributed by atoms with Gasteiger partial charge in [-0.05, 0) is 25.3 Å². The molecule has 2 atom stereocenters. The Morgan fingerprint density at radius 3 is 3.21 bits per heavy atom. The Labute approximate surface area is 86.8 Å². The molecule has 0 saturated carbocycles. The molecule has 2 saturated heterocycles. The zero-order valence-corrected chi connectivity index (χ0v) is 9.17. The molecule has 2 fully saturated rings. The SMILES string of the molecule is CC1CNCCN(CC2CCCO2)C1. The third-order valence-corrected chi connectivity index (χ3v) is 3.15. The molecule has 2 heterocycles. The van der Waals surface area contributed by atoms with Crippen molar-refractivity contribution in [3.8, 4) is 0 Å². The summed E-state index contributed by atoms with van der Waals surface area (Å²) in [7, 11) is 0. The Kier molecular flexibility index (Phi) is 3.79. The zero-order chi connectivity index (χ0) is 9.80. The van der Waals surface area contributed by atoms with E-state index in [1.54, 1.807) is 0 Å². The lowest BCUT2D eigenvalue weighted by atomic mass is 10.1. The van der Waals surface area contributed by atoms with E-state index in [1.807, 2.05) is 0 Å². The van der Waals surface area contributed by atoms with Crippen molar-refractivity contribution in [3.05, 3.63) is 0 Å². The maximum absolute atomic E-state index is 5.67. The third kappa shape index (κ3) is 2.94. The Balaban J connectivity index is 1.77. The molecule has 14 heavy (non-hydrogen) atoms. The Bertz CT molecular complexity index is 169. The molecule has 82 valence electrons. The van der Waals surface area contributed by atoms with E-state index in [1.165, 1.54) is 32.5 Å². The smallest absolute Gasteiger partial charge is 0.0702 e.